The van der Waals surface area contributed by atoms with Crippen molar-refractivity contribution in [3.8, 4) is 0 Å². The number of rotatable bonds is 8. The Balaban J connectivity index is 2.78. The zero-order valence-electron chi connectivity index (χ0n) is 11.9. The first-order chi connectivity index (χ1) is 9.10. The molecule has 1 aromatic rings. The molecule has 1 rings (SSSR count). The summed E-state index contributed by atoms with van der Waals surface area (Å²) in [6.45, 7) is 5.23. The first-order valence-corrected chi connectivity index (χ1v) is 7.14. The van der Waals surface area contributed by atoms with E-state index in [-0.39, 0.29) is 0 Å². The molecule has 0 heterocycles. The van der Waals surface area contributed by atoms with E-state index in [1.807, 2.05) is 12.1 Å². The zero-order chi connectivity index (χ0) is 14.3. The van der Waals surface area contributed by atoms with Gasteiger partial charge >= 0.3 is 0 Å². The van der Waals surface area contributed by atoms with E-state index < -0.39 is 0 Å². The Labute approximate surface area is 124 Å². The molecule has 1 unspecified atom stereocenters. The third-order valence-electron chi connectivity index (χ3n) is 3.10. The van der Waals surface area contributed by atoms with Crippen LogP contribution < -0.4 is 5.73 Å². The summed E-state index contributed by atoms with van der Waals surface area (Å²) in [5, 5.41) is 0. The van der Waals surface area contributed by atoms with Gasteiger partial charge in [0.25, 0.3) is 0 Å². The lowest BCUT2D eigenvalue weighted by molar-refractivity contribution is 0.0704. The van der Waals surface area contributed by atoms with E-state index in [9.17, 15) is 0 Å². The maximum atomic E-state index is 5.92. The van der Waals surface area contributed by atoms with Crippen LogP contribution in [0.5, 0.6) is 0 Å². The van der Waals surface area contributed by atoms with Gasteiger partial charge in [0.2, 0.25) is 0 Å². The molecular formula is C14H23BrN2O2. The smallest absolute Gasteiger partial charge is 0.0615 e. The average Bonchev–Trinajstić information content (AvgIpc) is 2.39. The Hall–Kier alpha value is -0.620. The number of nitrogens with zero attached hydrogens (tertiary/aromatic N) is 1. The van der Waals surface area contributed by atoms with Crippen LogP contribution in [0.25, 0.3) is 0 Å². The van der Waals surface area contributed by atoms with Crippen LogP contribution in [-0.4, -0.2) is 44.9 Å². The summed E-state index contributed by atoms with van der Waals surface area (Å²) in [6, 6.07) is 6.28. The van der Waals surface area contributed by atoms with E-state index in [4.69, 9.17) is 15.2 Å². The molecule has 5 heteroatoms. The van der Waals surface area contributed by atoms with Crippen LogP contribution in [0.3, 0.4) is 0 Å². The minimum Gasteiger partial charge on any atom is -0.398 e. The summed E-state index contributed by atoms with van der Waals surface area (Å²) in [4.78, 5) is 2.33. The van der Waals surface area contributed by atoms with E-state index in [1.54, 1.807) is 14.2 Å². The highest BCUT2D eigenvalue weighted by molar-refractivity contribution is 9.10. The minimum atomic E-state index is 0.327. The summed E-state index contributed by atoms with van der Waals surface area (Å²) in [5.74, 6) is 0. The fraction of sp³-hybridized carbons (Fsp3) is 0.571. The highest BCUT2D eigenvalue weighted by Crippen LogP contribution is 2.25. The van der Waals surface area contributed by atoms with Gasteiger partial charge in [-0.3, -0.25) is 4.90 Å². The zero-order valence-corrected chi connectivity index (χ0v) is 13.4. The van der Waals surface area contributed by atoms with Gasteiger partial charge in [0.15, 0.2) is 0 Å². The normalized spacial score (nSPS) is 12.9. The van der Waals surface area contributed by atoms with Crippen LogP contribution in [0.2, 0.25) is 0 Å². The molecule has 0 spiro atoms. The van der Waals surface area contributed by atoms with Crippen molar-refractivity contribution < 1.29 is 9.47 Å². The number of ether oxygens (including phenoxy) is 2. The molecule has 0 aromatic heterocycles. The van der Waals surface area contributed by atoms with Crippen molar-refractivity contribution in [2.75, 3.05) is 39.7 Å². The van der Waals surface area contributed by atoms with Crippen molar-refractivity contribution in [1.29, 1.82) is 0 Å². The van der Waals surface area contributed by atoms with Gasteiger partial charge in [-0.25, -0.2) is 0 Å². The van der Waals surface area contributed by atoms with Crippen LogP contribution in [0, 0.1) is 0 Å². The minimum absolute atomic E-state index is 0.327. The number of benzene rings is 1. The summed E-state index contributed by atoms with van der Waals surface area (Å²) in [5.41, 5.74) is 7.86. The number of methoxy groups -OCH3 is 2. The van der Waals surface area contributed by atoms with Gasteiger partial charge in [-0.05, 0) is 34.5 Å². The SMILES string of the molecule is COCCN(Cc1cccc(N)c1Br)C(C)COC. The third kappa shape index (κ3) is 5.10. The maximum absolute atomic E-state index is 5.92. The molecule has 0 aliphatic rings. The van der Waals surface area contributed by atoms with E-state index >= 15 is 0 Å². The largest absolute Gasteiger partial charge is 0.398 e. The van der Waals surface area contributed by atoms with Crippen molar-refractivity contribution in [1.82, 2.24) is 4.90 Å². The van der Waals surface area contributed by atoms with Crippen molar-refractivity contribution in [3.63, 3.8) is 0 Å². The van der Waals surface area contributed by atoms with Gasteiger partial charge in [0.1, 0.15) is 0 Å². The lowest BCUT2D eigenvalue weighted by Gasteiger charge is -2.29. The second kappa shape index (κ2) is 8.53. The predicted octanol–water partition coefficient (Wildman–Crippen LogP) is 2.51. The lowest BCUT2D eigenvalue weighted by Crippen LogP contribution is -2.38. The molecule has 1 atom stereocenters. The van der Waals surface area contributed by atoms with Crippen LogP contribution in [-0.2, 0) is 16.0 Å². The van der Waals surface area contributed by atoms with Crippen molar-refractivity contribution in [2.24, 2.45) is 0 Å². The molecule has 0 fully saturated rings. The molecule has 4 nitrogen and oxygen atoms in total. The van der Waals surface area contributed by atoms with Crippen LogP contribution in [0.1, 0.15) is 12.5 Å². The van der Waals surface area contributed by atoms with Crippen LogP contribution >= 0.6 is 15.9 Å². The highest BCUT2D eigenvalue weighted by atomic mass is 79.9. The number of nitrogens with two attached hydrogens (primary N) is 1. The number of nitrogen functional groups attached to an aromatic ring is 1. The van der Waals surface area contributed by atoms with Crippen molar-refractivity contribution in [3.05, 3.63) is 28.2 Å². The van der Waals surface area contributed by atoms with E-state index in [0.717, 1.165) is 23.2 Å². The van der Waals surface area contributed by atoms with Crippen LogP contribution in [0.15, 0.2) is 22.7 Å². The molecule has 1 aromatic carbocycles. The first kappa shape index (κ1) is 16.4. The quantitative estimate of drug-likeness (QED) is 0.744. The number of halogens is 1. The van der Waals surface area contributed by atoms with Gasteiger partial charge in [-0.15, -0.1) is 0 Å². The summed E-state index contributed by atoms with van der Waals surface area (Å²) >= 11 is 3.55. The highest BCUT2D eigenvalue weighted by Gasteiger charge is 2.15. The maximum Gasteiger partial charge on any atom is 0.0615 e. The summed E-state index contributed by atoms with van der Waals surface area (Å²) < 4.78 is 11.4. The molecule has 0 saturated heterocycles. The fourth-order valence-electron chi connectivity index (χ4n) is 1.95. The molecule has 108 valence electrons. The Morgan fingerprint density at radius 2 is 2.05 bits per heavy atom. The fourth-order valence-corrected chi connectivity index (χ4v) is 2.34. The van der Waals surface area contributed by atoms with Crippen LogP contribution in [0.4, 0.5) is 5.69 Å². The van der Waals surface area contributed by atoms with Crippen molar-refractivity contribution >= 4 is 21.6 Å². The van der Waals surface area contributed by atoms with Gasteiger partial charge in [0.05, 0.1) is 13.2 Å². The Bertz CT molecular complexity index is 388. The number of hydrogen-bond acceptors (Lipinski definition) is 4. The molecule has 19 heavy (non-hydrogen) atoms. The molecule has 0 aliphatic heterocycles. The lowest BCUT2D eigenvalue weighted by atomic mass is 10.1. The third-order valence-corrected chi connectivity index (χ3v) is 4.06. The number of hydrogen-bond donors (Lipinski definition) is 1. The van der Waals surface area contributed by atoms with E-state index in [1.165, 1.54) is 5.56 Å². The molecule has 0 saturated carbocycles. The van der Waals surface area contributed by atoms with Gasteiger partial charge in [-0.2, -0.15) is 0 Å². The first-order valence-electron chi connectivity index (χ1n) is 6.35. The van der Waals surface area contributed by atoms with E-state index in [2.05, 4.69) is 33.8 Å². The monoisotopic (exact) mass is 330 g/mol. The molecule has 0 amide bonds. The second-order valence-corrected chi connectivity index (χ2v) is 5.38. The Morgan fingerprint density at radius 3 is 2.68 bits per heavy atom. The summed E-state index contributed by atoms with van der Waals surface area (Å²) in [6.07, 6.45) is 0. The average molecular weight is 331 g/mol. The standard InChI is InChI=1S/C14H23BrN2O2/c1-11(10-19-3)17(7-8-18-2)9-12-5-4-6-13(16)14(12)15/h4-6,11H,7-10,16H2,1-3H3. The predicted molar refractivity (Wildman–Crippen MR) is 82.2 cm³/mol. The molecular weight excluding hydrogens is 308 g/mol. The molecule has 2 N–H and O–H groups in total. The Kier molecular flexibility index (Phi) is 7.38. The molecule has 0 radical (unpaired) electrons. The van der Waals surface area contributed by atoms with Crippen molar-refractivity contribution in [2.45, 2.75) is 19.5 Å². The van der Waals surface area contributed by atoms with Gasteiger partial charge in [0, 0.05) is 43.5 Å². The van der Waals surface area contributed by atoms with Gasteiger partial charge < -0.3 is 15.2 Å². The topological polar surface area (TPSA) is 47.7 Å². The molecule has 0 aliphatic carbocycles. The second-order valence-electron chi connectivity index (χ2n) is 4.59. The number of anilines is 1. The molecule has 0 bridgehead atoms. The summed E-state index contributed by atoms with van der Waals surface area (Å²) in [7, 11) is 3.44. The van der Waals surface area contributed by atoms with Gasteiger partial charge in [-0.1, -0.05) is 12.1 Å². The Morgan fingerprint density at radius 1 is 1.32 bits per heavy atom. The van der Waals surface area contributed by atoms with E-state index in [0.29, 0.717) is 19.3 Å².